The molecular weight excluding hydrogens is 270 g/mol. The van der Waals surface area contributed by atoms with Crippen LogP contribution >= 0.6 is 11.6 Å². The average Bonchev–Trinajstić information content (AvgIpc) is 2.37. The zero-order valence-corrected chi connectivity index (χ0v) is 11.1. The third-order valence-electron chi connectivity index (χ3n) is 2.43. The van der Waals surface area contributed by atoms with Gasteiger partial charge < -0.3 is 4.90 Å². The third-order valence-corrected chi connectivity index (χ3v) is 2.66. The molecule has 0 unspecified atom stereocenters. The number of nitro groups is 1. The van der Waals surface area contributed by atoms with Gasteiger partial charge in [-0.15, -0.1) is 0 Å². The van der Waals surface area contributed by atoms with Gasteiger partial charge in [-0.2, -0.15) is 5.26 Å². The number of amides is 1. The summed E-state index contributed by atoms with van der Waals surface area (Å²) < 4.78 is 0. The van der Waals surface area contributed by atoms with Gasteiger partial charge in [-0.25, -0.2) is 0 Å². The Morgan fingerprint density at radius 2 is 2.26 bits per heavy atom. The van der Waals surface area contributed by atoms with Crippen LogP contribution < -0.4 is 0 Å². The summed E-state index contributed by atoms with van der Waals surface area (Å²) in [5.74, 6) is -0.535. The first-order valence-electron chi connectivity index (χ1n) is 5.61. The summed E-state index contributed by atoms with van der Waals surface area (Å²) in [4.78, 5) is 23.7. The Kier molecular flexibility index (Phi) is 5.27. The standard InChI is InChI=1S/C12H12ClN3O3/c1-2-6-15(7-5-14)12(17)10-4-3-9(13)8-11(10)16(18)19/h3-4,8H,2,6-7H2,1H3. The second kappa shape index (κ2) is 6.71. The van der Waals surface area contributed by atoms with Gasteiger partial charge in [0, 0.05) is 17.6 Å². The monoisotopic (exact) mass is 281 g/mol. The minimum absolute atomic E-state index is 0.0573. The molecule has 6 nitrogen and oxygen atoms in total. The Morgan fingerprint density at radius 1 is 1.58 bits per heavy atom. The highest BCUT2D eigenvalue weighted by Gasteiger charge is 2.24. The van der Waals surface area contributed by atoms with Gasteiger partial charge in [0.25, 0.3) is 11.6 Å². The number of hydrogen-bond acceptors (Lipinski definition) is 4. The van der Waals surface area contributed by atoms with Crippen molar-refractivity contribution >= 4 is 23.2 Å². The van der Waals surface area contributed by atoms with E-state index in [1.807, 2.05) is 13.0 Å². The second-order valence-corrected chi connectivity index (χ2v) is 4.24. The molecule has 7 heteroatoms. The first kappa shape index (κ1) is 14.9. The minimum atomic E-state index is -0.657. The number of nitro benzene ring substituents is 1. The molecule has 0 saturated carbocycles. The van der Waals surface area contributed by atoms with Gasteiger partial charge in [0.2, 0.25) is 0 Å². The van der Waals surface area contributed by atoms with Crippen molar-refractivity contribution in [2.45, 2.75) is 13.3 Å². The van der Waals surface area contributed by atoms with Crippen molar-refractivity contribution in [2.75, 3.05) is 13.1 Å². The first-order chi connectivity index (χ1) is 9.01. The number of benzene rings is 1. The van der Waals surface area contributed by atoms with Gasteiger partial charge in [-0.1, -0.05) is 18.5 Å². The molecule has 0 atom stereocenters. The van der Waals surface area contributed by atoms with Crippen LogP contribution in [0.15, 0.2) is 18.2 Å². The van der Waals surface area contributed by atoms with Gasteiger partial charge in [-0.05, 0) is 18.6 Å². The molecule has 0 aliphatic rings. The summed E-state index contributed by atoms with van der Waals surface area (Å²) in [6, 6.07) is 5.73. The van der Waals surface area contributed by atoms with Crippen molar-refractivity contribution in [3.8, 4) is 6.07 Å². The fraction of sp³-hybridized carbons (Fsp3) is 0.333. The average molecular weight is 282 g/mol. The molecule has 19 heavy (non-hydrogen) atoms. The van der Waals surface area contributed by atoms with E-state index < -0.39 is 10.8 Å². The normalized spacial score (nSPS) is 9.74. The van der Waals surface area contributed by atoms with Crippen LogP contribution in [0.25, 0.3) is 0 Å². The number of carbonyl (C=O) groups is 1. The van der Waals surface area contributed by atoms with Crippen molar-refractivity contribution in [1.29, 1.82) is 5.26 Å². The highest BCUT2D eigenvalue weighted by atomic mass is 35.5. The van der Waals surface area contributed by atoms with Crippen LogP contribution in [-0.2, 0) is 0 Å². The molecule has 0 saturated heterocycles. The smallest absolute Gasteiger partial charge is 0.283 e. The fourth-order valence-electron chi connectivity index (χ4n) is 1.61. The largest absolute Gasteiger partial charge is 0.325 e. The van der Waals surface area contributed by atoms with E-state index >= 15 is 0 Å². The number of halogens is 1. The summed E-state index contributed by atoms with van der Waals surface area (Å²) >= 11 is 5.69. The first-order valence-corrected chi connectivity index (χ1v) is 5.99. The molecule has 0 fully saturated rings. The molecule has 1 aromatic carbocycles. The Hall–Kier alpha value is -2.13. The minimum Gasteiger partial charge on any atom is -0.325 e. The van der Waals surface area contributed by atoms with E-state index in [2.05, 4.69) is 0 Å². The van der Waals surface area contributed by atoms with Crippen LogP contribution in [0.5, 0.6) is 0 Å². The third kappa shape index (κ3) is 3.66. The molecular formula is C12H12ClN3O3. The highest BCUT2D eigenvalue weighted by Crippen LogP contribution is 2.24. The quantitative estimate of drug-likeness (QED) is 0.471. The van der Waals surface area contributed by atoms with E-state index in [1.165, 1.54) is 17.0 Å². The second-order valence-electron chi connectivity index (χ2n) is 3.80. The Bertz CT molecular complexity index is 540. The lowest BCUT2D eigenvalue weighted by Gasteiger charge is -2.18. The van der Waals surface area contributed by atoms with E-state index in [0.29, 0.717) is 13.0 Å². The van der Waals surface area contributed by atoms with Crippen molar-refractivity contribution in [2.24, 2.45) is 0 Å². The summed E-state index contributed by atoms with van der Waals surface area (Å²) in [6.45, 7) is 2.12. The summed E-state index contributed by atoms with van der Waals surface area (Å²) in [5, 5.41) is 19.8. The molecule has 0 radical (unpaired) electrons. The Morgan fingerprint density at radius 3 is 2.79 bits per heavy atom. The van der Waals surface area contributed by atoms with Crippen molar-refractivity contribution in [1.82, 2.24) is 4.90 Å². The maximum atomic E-state index is 12.2. The predicted molar refractivity (Wildman–Crippen MR) is 69.9 cm³/mol. The zero-order chi connectivity index (χ0) is 14.4. The Balaban J connectivity index is 3.17. The molecule has 0 heterocycles. The SMILES string of the molecule is CCCN(CC#N)C(=O)c1ccc(Cl)cc1[N+](=O)[O-]. The van der Waals surface area contributed by atoms with Crippen LogP contribution in [0.4, 0.5) is 5.69 Å². The molecule has 0 aliphatic heterocycles. The summed E-state index contributed by atoms with van der Waals surface area (Å²) in [6.07, 6.45) is 0.662. The van der Waals surface area contributed by atoms with Crippen LogP contribution in [0.3, 0.4) is 0 Å². The molecule has 0 spiro atoms. The zero-order valence-electron chi connectivity index (χ0n) is 10.3. The molecule has 1 amide bonds. The van der Waals surface area contributed by atoms with E-state index in [1.54, 1.807) is 0 Å². The lowest BCUT2D eigenvalue weighted by atomic mass is 10.1. The van der Waals surface area contributed by atoms with Gasteiger partial charge >= 0.3 is 0 Å². The summed E-state index contributed by atoms with van der Waals surface area (Å²) in [5.41, 5.74) is -0.408. The van der Waals surface area contributed by atoms with Gasteiger partial charge in [0.05, 0.1) is 11.0 Å². The summed E-state index contributed by atoms with van der Waals surface area (Å²) in [7, 11) is 0. The van der Waals surface area contributed by atoms with Crippen LogP contribution in [0, 0.1) is 21.4 Å². The number of carbonyl (C=O) groups excluding carboxylic acids is 1. The maximum absolute atomic E-state index is 12.2. The Labute approximate surface area is 115 Å². The van der Waals surface area contributed by atoms with Gasteiger partial charge in [-0.3, -0.25) is 14.9 Å². The van der Waals surface area contributed by atoms with Crippen molar-refractivity contribution in [3.05, 3.63) is 38.9 Å². The lowest BCUT2D eigenvalue weighted by molar-refractivity contribution is -0.385. The van der Waals surface area contributed by atoms with Crippen LogP contribution in [0.2, 0.25) is 5.02 Å². The van der Waals surface area contributed by atoms with Crippen LogP contribution in [0.1, 0.15) is 23.7 Å². The fourth-order valence-corrected chi connectivity index (χ4v) is 1.78. The number of nitriles is 1. The molecule has 0 bridgehead atoms. The molecule has 0 N–H and O–H groups in total. The lowest BCUT2D eigenvalue weighted by Crippen LogP contribution is -2.32. The van der Waals surface area contributed by atoms with E-state index in [0.717, 1.165) is 6.07 Å². The van der Waals surface area contributed by atoms with E-state index in [9.17, 15) is 14.9 Å². The molecule has 100 valence electrons. The van der Waals surface area contributed by atoms with Gasteiger partial charge in [0.1, 0.15) is 12.1 Å². The predicted octanol–water partition coefficient (Wildman–Crippen LogP) is 2.62. The van der Waals surface area contributed by atoms with E-state index in [-0.39, 0.29) is 22.8 Å². The highest BCUT2D eigenvalue weighted by molar-refractivity contribution is 6.31. The number of hydrogen-bond donors (Lipinski definition) is 0. The molecule has 1 rings (SSSR count). The number of rotatable bonds is 5. The maximum Gasteiger partial charge on any atom is 0.283 e. The van der Waals surface area contributed by atoms with E-state index in [4.69, 9.17) is 16.9 Å². The van der Waals surface area contributed by atoms with Crippen molar-refractivity contribution in [3.63, 3.8) is 0 Å². The topological polar surface area (TPSA) is 87.2 Å². The molecule has 0 aromatic heterocycles. The molecule has 0 aliphatic carbocycles. The van der Waals surface area contributed by atoms with Crippen LogP contribution in [-0.4, -0.2) is 28.8 Å². The molecule has 1 aromatic rings. The van der Waals surface area contributed by atoms with Gasteiger partial charge in [0.15, 0.2) is 0 Å². The van der Waals surface area contributed by atoms with Crippen molar-refractivity contribution < 1.29 is 9.72 Å². The number of nitrogens with zero attached hydrogens (tertiary/aromatic N) is 3.